The zero-order chi connectivity index (χ0) is 15.3. The van der Waals surface area contributed by atoms with E-state index in [1.165, 1.54) is 0 Å². The van der Waals surface area contributed by atoms with E-state index < -0.39 is 18.0 Å². The molecule has 1 unspecified atom stereocenters. The van der Waals surface area contributed by atoms with E-state index in [1.807, 2.05) is 19.1 Å². The molecule has 8 heteroatoms. The monoisotopic (exact) mass is 408 g/mol. The van der Waals surface area contributed by atoms with Crippen molar-refractivity contribution in [1.29, 1.82) is 0 Å². The van der Waals surface area contributed by atoms with Gasteiger partial charge in [0.2, 0.25) is 0 Å². The van der Waals surface area contributed by atoms with Crippen LogP contribution < -0.4 is 10.6 Å². The lowest BCUT2D eigenvalue weighted by Gasteiger charge is -2.15. The van der Waals surface area contributed by atoms with Gasteiger partial charge in [0.15, 0.2) is 0 Å². The lowest BCUT2D eigenvalue weighted by Crippen LogP contribution is -2.43. The first-order valence-corrected chi connectivity index (χ1v) is 7.30. The van der Waals surface area contributed by atoms with Gasteiger partial charge < -0.3 is 20.8 Å². The summed E-state index contributed by atoms with van der Waals surface area (Å²) < 4.78 is 1.35. The molecule has 4 N–H and O–H groups in total. The average molecular weight is 410 g/mol. The van der Waals surface area contributed by atoms with Gasteiger partial charge in [-0.2, -0.15) is 0 Å². The quantitative estimate of drug-likeness (QED) is 0.600. The van der Waals surface area contributed by atoms with E-state index >= 15 is 0 Å². The van der Waals surface area contributed by atoms with Crippen molar-refractivity contribution in [3.63, 3.8) is 0 Å². The fourth-order valence-electron chi connectivity index (χ4n) is 1.51. The second kappa shape index (κ2) is 7.61. The molecule has 0 fully saturated rings. The first-order valence-electron chi connectivity index (χ1n) is 5.72. The number of hydrogen-bond acceptors (Lipinski definition) is 3. The number of amides is 2. The molecule has 20 heavy (non-hydrogen) atoms. The molecule has 110 valence electrons. The molecule has 2 amide bonds. The summed E-state index contributed by atoms with van der Waals surface area (Å²) in [5.74, 6) is -1.20. The number of aliphatic hydroxyl groups excluding tert-OH is 1. The van der Waals surface area contributed by atoms with Crippen LogP contribution in [0.15, 0.2) is 21.1 Å². The Morgan fingerprint density at radius 2 is 1.85 bits per heavy atom. The van der Waals surface area contributed by atoms with Crippen LogP contribution in [0, 0.1) is 6.92 Å². The molecule has 1 aromatic carbocycles. The van der Waals surface area contributed by atoms with E-state index in [4.69, 9.17) is 10.2 Å². The third-order valence-electron chi connectivity index (χ3n) is 2.45. The molecular weight excluding hydrogens is 396 g/mol. The van der Waals surface area contributed by atoms with Crippen molar-refractivity contribution < 1.29 is 19.8 Å². The van der Waals surface area contributed by atoms with E-state index in [-0.39, 0.29) is 13.0 Å². The van der Waals surface area contributed by atoms with Crippen molar-refractivity contribution in [1.82, 2.24) is 5.32 Å². The van der Waals surface area contributed by atoms with Gasteiger partial charge in [-0.1, -0.05) is 0 Å². The second-order valence-corrected chi connectivity index (χ2v) is 5.81. The zero-order valence-electron chi connectivity index (χ0n) is 10.6. The minimum absolute atomic E-state index is 0.0566. The van der Waals surface area contributed by atoms with Crippen molar-refractivity contribution in [2.24, 2.45) is 0 Å². The van der Waals surface area contributed by atoms with Gasteiger partial charge in [0, 0.05) is 22.0 Å². The number of hydrogen-bond donors (Lipinski definition) is 4. The summed E-state index contributed by atoms with van der Waals surface area (Å²) in [7, 11) is 0. The molecule has 1 atom stereocenters. The highest BCUT2D eigenvalue weighted by atomic mass is 79.9. The summed E-state index contributed by atoms with van der Waals surface area (Å²) in [6.45, 7) is 1.58. The molecular formula is C12H14Br2N2O4. The van der Waals surface area contributed by atoms with Crippen molar-refractivity contribution in [2.75, 3.05) is 11.9 Å². The van der Waals surface area contributed by atoms with Gasteiger partial charge >= 0.3 is 12.0 Å². The smallest absolute Gasteiger partial charge is 0.326 e. The molecule has 0 radical (unpaired) electrons. The molecule has 0 aliphatic heterocycles. The van der Waals surface area contributed by atoms with Gasteiger partial charge in [-0.15, -0.1) is 0 Å². The summed E-state index contributed by atoms with van der Waals surface area (Å²) in [5.41, 5.74) is 1.50. The molecule has 0 heterocycles. The first-order chi connectivity index (χ1) is 9.35. The molecule has 6 nitrogen and oxygen atoms in total. The topological polar surface area (TPSA) is 98.7 Å². The Labute approximate surface area is 132 Å². The lowest BCUT2D eigenvalue weighted by molar-refractivity contribution is -0.139. The van der Waals surface area contributed by atoms with Gasteiger partial charge in [0.25, 0.3) is 0 Å². The number of aliphatic hydroxyl groups is 1. The van der Waals surface area contributed by atoms with Gasteiger partial charge in [-0.25, -0.2) is 9.59 Å². The molecule has 0 aromatic heterocycles. The van der Waals surface area contributed by atoms with Gasteiger partial charge in [0.05, 0.1) is 5.69 Å². The molecule has 0 aliphatic rings. The SMILES string of the molecule is Cc1cc(Br)c(NC(=O)NC(CCO)C(=O)O)c(Br)c1. The van der Waals surface area contributed by atoms with E-state index in [9.17, 15) is 9.59 Å². The Bertz CT molecular complexity index is 499. The highest BCUT2D eigenvalue weighted by molar-refractivity contribution is 9.11. The first kappa shape index (κ1) is 16.9. The normalized spacial score (nSPS) is 11.8. The number of carboxylic acids is 1. The standard InChI is InChI=1S/C12H14Br2N2O4/c1-6-4-7(13)10(8(14)5-6)16-12(20)15-9(2-3-17)11(18)19/h4-5,9,17H,2-3H2,1H3,(H,18,19)(H2,15,16,20). The van der Waals surface area contributed by atoms with Crippen LogP contribution >= 0.6 is 31.9 Å². The maximum Gasteiger partial charge on any atom is 0.326 e. The lowest BCUT2D eigenvalue weighted by atomic mass is 10.2. The summed E-state index contributed by atoms with van der Waals surface area (Å²) in [4.78, 5) is 22.7. The number of urea groups is 1. The highest BCUT2D eigenvalue weighted by Crippen LogP contribution is 2.32. The summed E-state index contributed by atoms with van der Waals surface area (Å²) in [6.07, 6.45) is -0.0566. The van der Waals surface area contributed by atoms with Crippen molar-refractivity contribution in [3.8, 4) is 0 Å². The number of anilines is 1. The number of carboxylic acid groups (broad SMARTS) is 1. The third-order valence-corrected chi connectivity index (χ3v) is 3.70. The van der Waals surface area contributed by atoms with Crippen molar-refractivity contribution in [3.05, 3.63) is 26.6 Å². The largest absolute Gasteiger partial charge is 0.480 e. The number of rotatable bonds is 5. The maximum absolute atomic E-state index is 11.8. The van der Waals surface area contributed by atoms with Crippen molar-refractivity contribution >= 4 is 49.5 Å². The van der Waals surface area contributed by atoms with Gasteiger partial charge in [-0.3, -0.25) is 0 Å². The highest BCUT2D eigenvalue weighted by Gasteiger charge is 2.20. The zero-order valence-corrected chi connectivity index (χ0v) is 13.8. The van der Waals surface area contributed by atoms with E-state index in [0.717, 1.165) is 5.56 Å². The summed E-state index contributed by atoms with van der Waals surface area (Å²) in [6, 6.07) is 1.85. The fourth-order valence-corrected chi connectivity index (χ4v) is 3.13. The summed E-state index contributed by atoms with van der Waals surface area (Å²) >= 11 is 6.65. The molecule has 1 aromatic rings. The average Bonchev–Trinajstić information content (AvgIpc) is 2.33. The Balaban J connectivity index is 2.78. The molecule has 0 bridgehead atoms. The van der Waals surface area contributed by atoms with Crippen LogP contribution in [0.5, 0.6) is 0 Å². The van der Waals surface area contributed by atoms with Crippen molar-refractivity contribution in [2.45, 2.75) is 19.4 Å². The molecule has 0 aliphatic carbocycles. The van der Waals surface area contributed by atoms with Crippen LogP contribution in [0.3, 0.4) is 0 Å². The number of benzene rings is 1. The van der Waals surface area contributed by atoms with Crippen LogP contribution in [0.2, 0.25) is 0 Å². The summed E-state index contributed by atoms with van der Waals surface area (Å²) in [5, 5.41) is 22.5. The Hall–Kier alpha value is -1.12. The maximum atomic E-state index is 11.8. The van der Waals surface area contributed by atoms with Crippen LogP contribution in [-0.2, 0) is 4.79 Å². The minimum Gasteiger partial charge on any atom is -0.480 e. The number of aliphatic carboxylic acids is 1. The van der Waals surface area contributed by atoms with Crippen LogP contribution in [0.4, 0.5) is 10.5 Å². The van der Waals surface area contributed by atoms with E-state index in [1.54, 1.807) is 0 Å². The van der Waals surface area contributed by atoms with Crippen LogP contribution in [0.1, 0.15) is 12.0 Å². The predicted molar refractivity (Wildman–Crippen MR) is 81.9 cm³/mol. The van der Waals surface area contributed by atoms with Gasteiger partial charge in [0.1, 0.15) is 6.04 Å². The molecule has 1 rings (SSSR count). The minimum atomic E-state index is -1.20. The number of aryl methyl sites for hydroxylation is 1. The van der Waals surface area contributed by atoms with Crippen LogP contribution in [0.25, 0.3) is 0 Å². The van der Waals surface area contributed by atoms with E-state index in [0.29, 0.717) is 14.6 Å². The van der Waals surface area contributed by atoms with E-state index in [2.05, 4.69) is 42.5 Å². The van der Waals surface area contributed by atoms with Crippen LogP contribution in [-0.4, -0.2) is 34.9 Å². The molecule has 0 saturated heterocycles. The second-order valence-electron chi connectivity index (χ2n) is 4.11. The van der Waals surface area contributed by atoms with Gasteiger partial charge in [-0.05, 0) is 56.5 Å². The Kier molecular flexibility index (Phi) is 6.44. The predicted octanol–water partition coefficient (Wildman–Crippen LogP) is 2.48. The fraction of sp³-hybridized carbons (Fsp3) is 0.333. The number of halogens is 2. The molecule has 0 spiro atoms. The number of carbonyl (C=O) groups is 2. The number of nitrogens with one attached hydrogen (secondary N) is 2. The number of carbonyl (C=O) groups excluding carboxylic acids is 1. The third kappa shape index (κ3) is 4.77. The Morgan fingerprint density at radius 3 is 2.30 bits per heavy atom. The molecule has 0 saturated carbocycles. The Morgan fingerprint density at radius 1 is 1.30 bits per heavy atom.